The fourth-order valence-corrected chi connectivity index (χ4v) is 5.11. The minimum Gasteiger partial charge on any atom is -0.504 e. The summed E-state index contributed by atoms with van der Waals surface area (Å²) in [7, 11) is 0. The van der Waals surface area contributed by atoms with Gasteiger partial charge in [-0.25, -0.2) is 4.98 Å². The van der Waals surface area contributed by atoms with E-state index in [-0.39, 0.29) is 5.75 Å². The molecule has 0 atom stereocenters. The van der Waals surface area contributed by atoms with Gasteiger partial charge in [0.2, 0.25) is 0 Å². The van der Waals surface area contributed by atoms with E-state index in [4.69, 9.17) is 4.74 Å². The number of phenols is 1. The van der Waals surface area contributed by atoms with Crippen LogP contribution < -0.4 is 4.74 Å². The predicted octanol–water partition coefficient (Wildman–Crippen LogP) is 5.13. The summed E-state index contributed by atoms with van der Waals surface area (Å²) in [4.78, 5) is 6.71. The highest BCUT2D eigenvalue weighted by atomic mass is 32.1. The summed E-state index contributed by atoms with van der Waals surface area (Å²) in [5.41, 5.74) is 6.15. The third-order valence-electron chi connectivity index (χ3n) is 4.86. The highest BCUT2D eigenvalue weighted by molar-refractivity contribution is 7.17. The zero-order valence-electron chi connectivity index (χ0n) is 14.6. The summed E-state index contributed by atoms with van der Waals surface area (Å²) in [5.74, 6) is 0.826. The van der Waals surface area contributed by atoms with Gasteiger partial charge in [0.05, 0.1) is 11.2 Å². The van der Waals surface area contributed by atoms with Crippen LogP contribution >= 0.6 is 22.7 Å². The van der Waals surface area contributed by atoms with Gasteiger partial charge in [-0.2, -0.15) is 0 Å². The molecule has 0 spiro atoms. The number of aromatic hydroxyl groups is 1. The molecule has 0 aliphatic carbocycles. The number of nitrogens with zero attached hydrogens (tertiary/aromatic N) is 2. The molecular weight excluding hydrogens is 376 g/mol. The number of phenolic OH excluding ortho intramolecular Hbond substituents is 1. The van der Waals surface area contributed by atoms with Gasteiger partial charge in [0.15, 0.2) is 11.5 Å². The fourth-order valence-electron chi connectivity index (χ4n) is 3.59. The Hall–Kier alpha value is -2.41. The summed E-state index contributed by atoms with van der Waals surface area (Å²) in [6, 6.07) is 12.4. The van der Waals surface area contributed by atoms with Crippen LogP contribution in [0.15, 0.2) is 52.7 Å². The van der Waals surface area contributed by atoms with Gasteiger partial charge in [-0.1, -0.05) is 18.2 Å². The zero-order chi connectivity index (χ0) is 18.2. The fraction of sp³-hybridized carbons (Fsp3) is 0.190. The molecule has 4 aromatic rings. The van der Waals surface area contributed by atoms with E-state index in [9.17, 15) is 5.11 Å². The molecule has 27 heavy (non-hydrogen) atoms. The van der Waals surface area contributed by atoms with E-state index in [0.717, 1.165) is 42.0 Å². The van der Waals surface area contributed by atoms with Crippen molar-refractivity contribution in [2.24, 2.45) is 0 Å². The SMILES string of the molecule is Oc1cc(-c2csc3ccccc23)cc2c1OCCN(Cc1cscn1)C2. The van der Waals surface area contributed by atoms with Crippen LogP contribution in [0.3, 0.4) is 0 Å². The van der Waals surface area contributed by atoms with Crippen molar-refractivity contribution in [1.29, 1.82) is 0 Å². The first-order valence-electron chi connectivity index (χ1n) is 8.82. The van der Waals surface area contributed by atoms with Crippen LogP contribution in [-0.2, 0) is 13.1 Å². The monoisotopic (exact) mass is 394 g/mol. The van der Waals surface area contributed by atoms with Crippen LogP contribution in [0.5, 0.6) is 11.5 Å². The lowest BCUT2D eigenvalue weighted by molar-refractivity contribution is 0.216. The minimum atomic E-state index is 0.216. The number of hydrogen-bond donors (Lipinski definition) is 1. The Labute approximate surface area is 165 Å². The van der Waals surface area contributed by atoms with Crippen LogP contribution in [0.4, 0.5) is 0 Å². The van der Waals surface area contributed by atoms with Gasteiger partial charge in [0.1, 0.15) is 6.61 Å². The largest absolute Gasteiger partial charge is 0.504 e. The Balaban J connectivity index is 1.53. The first kappa shape index (κ1) is 16.7. The Morgan fingerprint density at radius 2 is 2.11 bits per heavy atom. The maximum Gasteiger partial charge on any atom is 0.165 e. The summed E-state index contributed by atoms with van der Waals surface area (Å²) >= 11 is 3.34. The van der Waals surface area contributed by atoms with Gasteiger partial charge in [-0.3, -0.25) is 4.90 Å². The van der Waals surface area contributed by atoms with Crippen LogP contribution in [0.2, 0.25) is 0 Å². The van der Waals surface area contributed by atoms with E-state index < -0.39 is 0 Å². The third kappa shape index (κ3) is 3.20. The molecule has 0 radical (unpaired) electrons. The van der Waals surface area contributed by atoms with Crippen molar-refractivity contribution < 1.29 is 9.84 Å². The van der Waals surface area contributed by atoms with Crippen molar-refractivity contribution in [3.8, 4) is 22.6 Å². The summed E-state index contributed by atoms with van der Waals surface area (Å²) < 4.78 is 7.13. The van der Waals surface area contributed by atoms with Crippen LogP contribution in [0.1, 0.15) is 11.3 Å². The van der Waals surface area contributed by atoms with E-state index in [1.165, 1.54) is 10.1 Å². The maximum absolute atomic E-state index is 10.6. The quantitative estimate of drug-likeness (QED) is 0.524. The molecule has 0 bridgehead atoms. The highest BCUT2D eigenvalue weighted by Gasteiger charge is 2.21. The Kier molecular flexibility index (Phi) is 4.32. The van der Waals surface area contributed by atoms with Crippen LogP contribution in [-0.4, -0.2) is 28.1 Å². The summed E-state index contributed by atoms with van der Waals surface area (Å²) in [6.07, 6.45) is 0. The lowest BCUT2D eigenvalue weighted by Crippen LogP contribution is -2.25. The van der Waals surface area contributed by atoms with Gasteiger partial charge in [0, 0.05) is 46.2 Å². The standard InChI is InChI=1S/C21H18N2O2S2/c24-19-8-14(18-12-27-20-4-2-1-3-17(18)20)7-15-9-23(5-6-25-21(15)19)10-16-11-26-13-22-16/h1-4,7-8,11-13,24H,5-6,9-10H2. The summed E-state index contributed by atoms with van der Waals surface area (Å²) in [6.45, 7) is 2.89. The normalized spacial score (nSPS) is 14.7. The van der Waals surface area contributed by atoms with Gasteiger partial charge in [0.25, 0.3) is 0 Å². The predicted molar refractivity (Wildman–Crippen MR) is 111 cm³/mol. The minimum absolute atomic E-state index is 0.216. The molecular formula is C21H18N2O2S2. The average Bonchev–Trinajstić information content (AvgIpc) is 3.28. The molecule has 2 aromatic carbocycles. The molecule has 0 unspecified atom stereocenters. The van der Waals surface area contributed by atoms with E-state index in [1.807, 2.05) is 11.6 Å². The topological polar surface area (TPSA) is 45.6 Å². The molecule has 2 aromatic heterocycles. The molecule has 0 fully saturated rings. The molecule has 136 valence electrons. The van der Waals surface area contributed by atoms with Crippen molar-refractivity contribution in [3.05, 3.63) is 63.9 Å². The van der Waals surface area contributed by atoms with Crippen LogP contribution in [0.25, 0.3) is 21.2 Å². The lowest BCUT2D eigenvalue weighted by atomic mass is 10.0. The van der Waals surface area contributed by atoms with Gasteiger partial charge >= 0.3 is 0 Å². The number of thiazole rings is 1. The third-order valence-corrected chi connectivity index (χ3v) is 6.45. The number of benzene rings is 2. The molecule has 0 saturated carbocycles. The molecule has 1 N–H and O–H groups in total. The van der Waals surface area contributed by atoms with Gasteiger partial charge in [-0.05, 0) is 29.1 Å². The molecule has 4 nitrogen and oxygen atoms in total. The Morgan fingerprint density at radius 1 is 1.19 bits per heavy atom. The molecule has 0 saturated heterocycles. The van der Waals surface area contributed by atoms with E-state index in [1.54, 1.807) is 22.7 Å². The van der Waals surface area contributed by atoms with E-state index in [2.05, 4.69) is 51.0 Å². The molecule has 1 aliphatic heterocycles. The zero-order valence-corrected chi connectivity index (χ0v) is 16.2. The number of hydrogen-bond acceptors (Lipinski definition) is 6. The van der Waals surface area contributed by atoms with Crippen molar-refractivity contribution in [2.45, 2.75) is 13.1 Å². The van der Waals surface area contributed by atoms with E-state index >= 15 is 0 Å². The lowest BCUT2D eigenvalue weighted by Gasteiger charge is -2.18. The number of thiophene rings is 1. The molecule has 3 heterocycles. The Bertz CT molecular complexity index is 1090. The van der Waals surface area contributed by atoms with Crippen molar-refractivity contribution in [3.63, 3.8) is 0 Å². The number of ether oxygens (including phenoxy) is 1. The van der Waals surface area contributed by atoms with Gasteiger partial charge < -0.3 is 9.84 Å². The second-order valence-electron chi connectivity index (χ2n) is 6.67. The number of rotatable bonds is 3. The second kappa shape index (κ2) is 6.96. The molecule has 5 rings (SSSR count). The molecule has 0 amide bonds. The second-order valence-corrected chi connectivity index (χ2v) is 8.30. The number of fused-ring (bicyclic) bond motifs is 2. The maximum atomic E-state index is 10.6. The molecule has 6 heteroatoms. The summed E-state index contributed by atoms with van der Waals surface area (Å²) in [5, 5.41) is 16.1. The van der Waals surface area contributed by atoms with Crippen molar-refractivity contribution >= 4 is 32.8 Å². The molecule has 1 aliphatic rings. The number of aromatic nitrogens is 1. The Morgan fingerprint density at radius 3 is 3.00 bits per heavy atom. The highest BCUT2D eigenvalue weighted by Crippen LogP contribution is 2.41. The first-order chi connectivity index (χ1) is 13.3. The average molecular weight is 395 g/mol. The van der Waals surface area contributed by atoms with Crippen molar-refractivity contribution in [1.82, 2.24) is 9.88 Å². The van der Waals surface area contributed by atoms with Crippen LogP contribution in [0, 0.1) is 0 Å². The van der Waals surface area contributed by atoms with Gasteiger partial charge in [-0.15, -0.1) is 22.7 Å². The van der Waals surface area contributed by atoms with Crippen molar-refractivity contribution in [2.75, 3.05) is 13.2 Å². The van der Waals surface area contributed by atoms with E-state index in [0.29, 0.717) is 12.4 Å². The smallest absolute Gasteiger partial charge is 0.165 e. The first-order valence-corrected chi connectivity index (χ1v) is 10.6.